The molecule has 0 spiro atoms. The number of carbonyl (C=O) groups excluding carboxylic acids is 1. The number of fused-ring (bicyclic) bond motifs is 1. The zero-order chi connectivity index (χ0) is 24.1. The van der Waals surface area contributed by atoms with E-state index in [2.05, 4.69) is 22.0 Å². The highest BCUT2D eigenvalue weighted by Gasteiger charge is 2.22. The average Bonchev–Trinajstić information content (AvgIpc) is 2.86. The Labute approximate surface area is 203 Å². The van der Waals surface area contributed by atoms with Crippen molar-refractivity contribution in [2.24, 2.45) is 0 Å². The van der Waals surface area contributed by atoms with Crippen molar-refractivity contribution in [1.82, 2.24) is 19.4 Å². The predicted molar refractivity (Wildman–Crippen MR) is 134 cm³/mol. The lowest BCUT2D eigenvalue weighted by atomic mass is 10.1. The summed E-state index contributed by atoms with van der Waals surface area (Å²) in [6, 6.07) is 13.2. The number of benzene rings is 2. The van der Waals surface area contributed by atoms with Crippen LogP contribution in [0.5, 0.6) is 5.75 Å². The summed E-state index contributed by atoms with van der Waals surface area (Å²) < 4.78 is 12.2. The number of ether oxygens (including phenoxy) is 2. The fourth-order valence-corrected chi connectivity index (χ4v) is 4.52. The highest BCUT2D eigenvalue weighted by molar-refractivity contribution is 7.71. The van der Waals surface area contributed by atoms with Gasteiger partial charge in [-0.2, -0.15) is 0 Å². The number of nitrogens with one attached hydrogen (secondary N) is 1. The van der Waals surface area contributed by atoms with Gasteiger partial charge < -0.3 is 19.4 Å². The molecule has 2 heterocycles. The van der Waals surface area contributed by atoms with Crippen molar-refractivity contribution in [3.8, 4) is 5.75 Å². The van der Waals surface area contributed by atoms with Crippen molar-refractivity contribution in [2.45, 2.75) is 19.5 Å². The Hall–Kier alpha value is -3.01. The maximum atomic E-state index is 13.1. The van der Waals surface area contributed by atoms with E-state index < -0.39 is 0 Å². The van der Waals surface area contributed by atoms with Crippen LogP contribution in [-0.2, 0) is 17.8 Å². The van der Waals surface area contributed by atoms with Gasteiger partial charge in [0.15, 0.2) is 4.77 Å². The average molecular weight is 483 g/mol. The number of rotatable bonds is 8. The highest BCUT2D eigenvalue weighted by Crippen LogP contribution is 2.17. The molecular formula is C25H30N4O4S. The van der Waals surface area contributed by atoms with Crippen molar-refractivity contribution < 1.29 is 14.3 Å². The molecule has 180 valence electrons. The van der Waals surface area contributed by atoms with Gasteiger partial charge >= 0.3 is 0 Å². The van der Waals surface area contributed by atoms with Gasteiger partial charge in [-0.15, -0.1) is 0 Å². The first-order valence-corrected chi connectivity index (χ1v) is 11.8. The lowest BCUT2D eigenvalue weighted by Gasteiger charge is -2.34. The van der Waals surface area contributed by atoms with Crippen LogP contribution in [0.1, 0.15) is 22.3 Å². The first kappa shape index (κ1) is 24.1. The molecule has 0 radical (unpaired) electrons. The lowest BCUT2D eigenvalue weighted by molar-refractivity contribution is 0.0628. The standard InChI is InChI=1S/C25H30N4O4S/c1-32-15-3-10-29-24(31)21-9-6-19(16-22(21)26-25(29)34)23(30)28-13-11-27(12-14-28)17-18-4-7-20(33-2)8-5-18/h4-9,16H,3,10-15,17H2,1-2H3,(H,26,34). The normalized spacial score (nSPS) is 14.5. The molecule has 0 unspecified atom stereocenters. The van der Waals surface area contributed by atoms with E-state index in [9.17, 15) is 9.59 Å². The quantitative estimate of drug-likeness (QED) is 0.393. The number of aromatic amines is 1. The van der Waals surface area contributed by atoms with Gasteiger partial charge in [-0.05, 0) is 54.5 Å². The fraction of sp³-hybridized carbons (Fsp3) is 0.400. The summed E-state index contributed by atoms with van der Waals surface area (Å²) in [7, 11) is 3.29. The molecule has 8 nitrogen and oxygen atoms in total. The maximum Gasteiger partial charge on any atom is 0.262 e. The molecule has 1 aromatic heterocycles. The second kappa shape index (κ2) is 10.9. The Morgan fingerprint density at radius 3 is 2.47 bits per heavy atom. The van der Waals surface area contributed by atoms with E-state index in [1.54, 1.807) is 37.0 Å². The Bertz CT molecular complexity index is 1260. The summed E-state index contributed by atoms with van der Waals surface area (Å²) in [4.78, 5) is 33.3. The third kappa shape index (κ3) is 5.38. The molecule has 0 saturated carbocycles. The molecule has 0 bridgehead atoms. The zero-order valence-electron chi connectivity index (χ0n) is 19.6. The number of H-pyrrole nitrogens is 1. The minimum absolute atomic E-state index is 0.0328. The molecule has 2 aromatic carbocycles. The van der Waals surface area contributed by atoms with Gasteiger partial charge in [0.25, 0.3) is 11.5 Å². The minimum atomic E-state index is -0.152. The molecule has 9 heteroatoms. The van der Waals surface area contributed by atoms with Crippen LogP contribution in [0, 0.1) is 4.77 Å². The molecular weight excluding hydrogens is 452 g/mol. The molecule has 0 aliphatic carbocycles. The number of hydrogen-bond donors (Lipinski definition) is 1. The molecule has 0 atom stereocenters. The number of aromatic nitrogens is 2. The highest BCUT2D eigenvalue weighted by atomic mass is 32.1. The van der Waals surface area contributed by atoms with Gasteiger partial charge in [0.05, 0.1) is 18.0 Å². The van der Waals surface area contributed by atoms with Gasteiger partial charge in [-0.3, -0.25) is 19.1 Å². The molecule has 1 aliphatic heterocycles. The summed E-state index contributed by atoms with van der Waals surface area (Å²) in [6.45, 7) is 4.81. The Morgan fingerprint density at radius 1 is 1.06 bits per heavy atom. The van der Waals surface area contributed by atoms with Gasteiger partial charge in [0.2, 0.25) is 0 Å². The van der Waals surface area contributed by atoms with E-state index in [-0.39, 0.29) is 11.5 Å². The number of carbonyl (C=O) groups is 1. The second-order valence-electron chi connectivity index (χ2n) is 8.41. The summed E-state index contributed by atoms with van der Waals surface area (Å²) in [6.07, 6.45) is 0.695. The SMILES string of the molecule is COCCCn1c(=S)[nH]c2cc(C(=O)N3CCN(Cc4ccc(OC)cc4)CC3)ccc2c1=O. The Morgan fingerprint density at radius 2 is 1.79 bits per heavy atom. The lowest BCUT2D eigenvalue weighted by Crippen LogP contribution is -2.48. The molecule has 34 heavy (non-hydrogen) atoms. The van der Waals surface area contributed by atoms with Crippen molar-refractivity contribution in [3.05, 3.63) is 68.7 Å². The van der Waals surface area contributed by atoms with E-state index in [1.807, 2.05) is 17.0 Å². The van der Waals surface area contributed by atoms with E-state index in [4.69, 9.17) is 21.7 Å². The summed E-state index contributed by atoms with van der Waals surface area (Å²) in [5, 5.41) is 0.520. The van der Waals surface area contributed by atoms with E-state index in [0.717, 1.165) is 25.4 Å². The summed E-state index contributed by atoms with van der Waals surface area (Å²) >= 11 is 5.39. The summed E-state index contributed by atoms with van der Waals surface area (Å²) in [5.74, 6) is 0.814. The minimum Gasteiger partial charge on any atom is -0.497 e. The van der Waals surface area contributed by atoms with Crippen LogP contribution >= 0.6 is 12.2 Å². The van der Waals surface area contributed by atoms with Crippen LogP contribution in [0.3, 0.4) is 0 Å². The van der Waals surface area contributed by atoms with Crippen LogP contribution < -0.4 is 10.3 Å². The molecule has 1 N–H and O–H groups in total. The van der Waals surface area contributed by atoms with Crippen molar-refractivity contribution in [1.29, 1.82) is 0 Å². The van der Waals surface area contributed by atoms with Crippen molar-refractivity contribution in [3.63, 3.8) is 0 Å². The monoisotopic (exact) mass is 482 g/mol. The second-order valence-corrected chi connectivity index (χ2v) is 8.80. The van der Waals surface area contributed by atoms with Gasteiger partial charge in [-0.1, -0.05) is 12.1 Å². The predicted octanol–water partition coefficient (Wildman–Crippen LogP) is 3.06. The number of piperazine rings is 1. The maximum absolute atomic E-state index is 13.1. The smallest absolute Gasteiger partial charge is 0.262 e. The molecule has 4 rings (SSSR count). The first-order chi connectivity index (χ1) is 16.5. The Balaban J connectivity index is 1.42. The summed E-state index contributed by atoms with van der Waals surface area (Å²) in [5.41, 5.74) is 2.21. The van der Waals surface area contributed by atoms with E-state index >= 15 is 0 Å². The third-order valence-corrected chi connectivity index (χ3v) is 6.51. The van der Waals surface area contributed by atoms with Crippen LogP contribution in [0.15, 0.2) is 47.3 Å². The van der Waals surface area contributed by atoms with E-state index in [0.29, 0.717) is 53.9 Å². The van der Waals surface area contributed by atoms with Crippen LogP contribution in [0.4, 0.5) is 0 Å². The number of amides is 1. The first-order valence-electron chi connectivity index (χ1n) is 11.4. The zero-order valence-corrected chi connectivity index (χ0v) is 20.4. The molecule has 1 fully saturated rings. The van der Waals surface area contributed by atoms with Crippen LogP contribution in [-0.4, -0.2) is 72.3 Å². The van der Waals surface area contributed by atoms with Gasteiger partial charge in [0, 0.05) is 58.5 Å². The largest absolute Gasteiger partial charge is 0.497 e. The van der Waals surface area contributed by atoms with E-state index in [1.165, 1.54) is 5.56 Å². The van der Waals surface area contributed by atoms with Crippen molar-refractivity contribution >= 4 is 29.0 Å². The van der Waals surface area contributed by atoms with Crippen molar-refractivity contribution in [2.75, 3.05) is 47.0 Å². The topological polar surface area (TPSA) is 79.8 Å². The van der Waals surface area contributed by atoms with Crippen LogP contribution in [0.25, 0.3) is 10.9 Å². The number of nitrogens with zero attached hydrogens (tertiary/aromatic N) is 3. The van der Waals surface area contributed by atoms with Gasteiger partial charge in [-0.25, -0.2) is 0 Å². The molecule has 1 amide bonds. The molecule has 1 saturated heterocycles. The van der Waals surface area contributed by atoms with Gasteiger partial charge in [0.1, 0.15) is 5.75 Å². The fourth-order valence-electron chi connectivity index (χ4n) is 4.24. The molecule has 1 aliphatic rings. The third-order valence-electron chi connectivity index (χ3n) is 6.18. The van der Waals surface area contributed by atoms with Crippen LogP contribution in [0.2, 0.25) is 0 Å². The molecule has 3 aromatic rings. The number of methoxy groups -OCH3 is 2. The number of hydrogen-bond acceptors (Lipinski definition) is 6. The Kier molecular flexibility index (Phi) is 7.77.